The second-order valence-electron chi connectivity index (χ2n) is 7.22. The average molecular weight is 492 g/mol. The highest BCUT2D eigenvalue weighted by Crippen LogP contribution is 2.57. The van der Waals surface area contributed by atoms with E-state index < -0.39 is 56.6 Å². The molecule has 2 saturated heterocycles. The van der Waals surface area contributed by atoms with E-state index in [1.807, 2.05) is 0 Å². The highest BCUT2D eigenvalue weighted by molar-refractivity contribution is 7.48. The zero-order valence-corrected chi connectivity index (χ0v) is 18.1. The van der Waals surface area contributed by atoms with Crippen LogP contribution in [-0.4, -0.2) is 51.3 Å². The first kappa shape index (κ1) is 23.3. The molecule has 174 valence electrons. The lowest BCUT2D eigenvalue weighted by molar-refractivity contribution is -0.0609. The minimum Gasteiger partial charge on any atom is -0.387 e. The molecular formula is C18H20ClFN3O8P. The number of benzene rings is 1. The molecule has 0 radical (unpaired) electrons. The Hall–Kier alpha value is -1.89. The summed E-state index contributed by atoms with van der Waals surface area (Å²) < 4.78 is 48.7. The average Bonchev–Trinajstić information content (AvgIpc) is 3.03. The van der Waals surface area contributed by atoms with Crippen molar-refractivity contribution in [2.75, 3.05) is 18.9 Å². The van der Waals surface area contributed by atoms with E-state index in [9.17, 15) is 24.0 Å². The summed E-state index contributed by atoms with van der Waals surface area (Å²) in [5, 5.41) is 20.5. The molecule has 0 amide bonds. The van der Waals surface area contributed by atoms with Crippen molar-refractivity contribution in [1.29, 1.82) is 0 Å². The van der Waals surface area contributed by atoms with E-state index in [4.69, 9.17) is 35.6 Å². The smallest absolute Gasteiger partial charge is 0.387 e. The summed E-state index contributed by atoms with van der Waals surface area (Å²) in [6.45, 7) is -0.442. The van der Waals surface area contributed by atoms with Crippen molar-refractivity contribution in [3.05, 3.63) is 57.3 Å². The molecule has 3 heterocycles. The van der Waals surface area contributed by atoms with Crippen LogP contribution in [0.3, 0.4) is 0 Å². The molecule has 2 fully saturated rings. The number of phosphoric ester groups is 1. The summed E-state index contributed by atoms with van der Waals surface area (Å²) in [5.74, 6) is -0.612. The maximum Gasteiger partial charge on any atom is 0.475 e. The zero-order chi connectivity index (χ0) is 23.0. The molecule has 0 saturated carbocycles. The van der Waals surface area contributed by atoms with Crippen molar-refractivity contribution in [2.24, 2.45) is 0 Å². The number of ether oxygens (including phenoxy) is 1. The first-order valence-corrected chi connectivity index (χ1v) is 11.4. The van der Waals surface area contributed by atoms with E-state index >= 15 is 0 Å². The van der Waals surface area contributed by atoms with Crippen LogP contribution >= 0.6 is 19.4 Å². The number of halogens is 2. The normalized spacial score (nSPS) is 32.8. The van der Waals surface area contributed by atoms with Crippen LogP contribution in [0.1, 0.15) is 24.3 Å². The number of nitrogen functional groups attached to an aromatic ring is 1. The Labute approximate surface area is 186 Å². The quantitative estimate of drug-likeness (QED) is 0.524. The Morgan fingerprint density at radius 3 is 2.84 bits per heavy atom. The van der Waals surface area contributed by atoms with E-state index in [2.05, 4.69) is 4.98 Å². The molecule has 11 nitrogen and oxygen atoms in total. The number of phosphoric acid groups is 1. The molecule has 32 heavy (non-hydrogen) atoms. The van der Waals surface area contributed by atoms with Gasteiger partial charge >= 0.3 is 13.5 Å². The van der Waals surface area contributed by atoms with Gasteiger partial charge in [0, 0.05) is 12.6 Å². The Kier molecular flexibility index (Phi) is 6.66. The second-order valence-corrected chi connectivity index (χ2v) is 9.25. The van der Waals surface area contributed by atoms with Gasteiger partial charge in [-0.25, -0.2) is 13.8 Å². The molecule has 2 aliphatic rings. The Morgan fingerprint density at radius 1 is 1.34 bits per heavy atom. The molecule has 0 bridgehead atoms. The number of aliphatic hydroxyl groups excluding tert-OH is 2. The zero-order valence-electron chi connectivity index (χ0n) is 16.4. The Balaban J connectivity index is 1.42. The monoisotopic (exact) mass is 491 g/mol. The number of nitrogens with two attached hydrogens (primary N) is 1. The van der Waals surface area contributed by atoms with Crippen LogP contribution in [0, 0.1) is 5.82 Å². The van der Waals surface area contributed by atoms with E-state index in [1.54, 1.807) is 0 Å². The molecule has 14 heteroatoms. The van der Waals surface area contributed by atoms with Crippen LogP contribution in [0.15, 0.2) is 35.3 Å². The van der Waals surface area contributed by atoms with Gasteiger partial charge in [-0.1, -0.05) is 17.7 Å². The Bertz CT molecular complexity index is 1100. The van der Waals surface area contributed by atoms with Crippen LogP contribution in [0.5, 0.6) is 0 Å². The maximum atomic E-state index is 13.4. The van der Waals surface area contributed by atoms with E-state index in [0.717, 1.165) is 4.57 Å². The molecule has 2 aliphatic heterocycles. The van der Waals surface area contributed by atoms with E-state index in [0.29, 0.717) is 12.0 Å². The maximum absolute atomic E-state index is 13.4. The first-order valence-electron chi connectivity index (χ1n) is 9.55. The van der Waals surface area contributed by atoms with Gasteiger partial charge in [0.05, 0.1) is 24.3 Å². The van der Waals surface area contributed by atoms with Crippen LogP contribution < -0.4 is 11.4 Å². The van der Waals surface area contributed by atoms with Gasteiger partial charge in [-0.15, -0.1) is 0 Å². The van der Waals surface area contributed by atoms with Crippen molar-refractivity contribution in [3.8, 4) is 0 Å². The number of nitrogens with zero attached hydrogens (tertiary/aromatic N) is 2. The molecule has 1 aromatic carbocycles. The minimum atomic E-state index is -4.08. The van der Waals surface area contributed by atoms with Gasteiger partial charge in [0.25, 0.3) is 0 Å². The van der Waals surface area contributed by atoms with E-state index in [-0.39, 0.29) is 17.4 Å². The number of hydrogen-bond acceptors (Lipinski definition) is 10. The SMILES string of the molecule is Nc1ccn([C@@H]2O[C@H](COP3(=O)OCC[C@H](c4ccc(F)c(Cl)c4)O3)[C@@H](O)[C@@H]2O)c(=O)n1. The highest BCUT2D eigenvalue weighted by atomic mass is 35.5. The van der Waals surface area contributed by atoms with Crippen molar-refractivity contribution in [2.45, 2.75) is 37.1 Å². The minimum absolute atomic E-state index is 0.0131. The predicted octanol–water partition coefficient (Wildman–Crippen LogP) is 1.54. The number of aromatic nitrogens is 2. The van der Waals surface area contributed by atoms with Crippen LogP contribution in [0.2, 0.25) is 5.02 Å². The van der Waals surface area contributed by atoms with Crippen molar-refractivity contribution in [3.63, 3.8) is 0 Å². The van der Waals surface area contributed by atoms with Gasteiger partial charge < -0.3 is 20.7 Å². The van der Waals surface area contributed by atoms with Gasteiger partial charge in [-0.05, 0) is 23.8 Å². The highest BCUT2D eigenvalue weighted by Gasteiger charge is 2.46. The van der Waals surface area contributed by atoms with Gasteiger partial charge in [-0.3, -0.25) is 18.1 Å². The molecule has 0 spiro atoms. The molecule has 2 aromatic rings. The fourth-order valence-electron chi connectivity index (χ4n) is 3.40. The third-order valence-electron chi connectivity index (χ3n) is 5.06. The lowest BCUT2D eigenvalue weighted by atomic mass is 10.1. The van der Waals surface area contributed by atoms with Crippen molar-refractivity contribution < 1.29 is 37.5 Å². The molecule has 4 rings (SSSR count). The number of aliphatic hydroxyl groups is 2. The molecule has 1 aromatic heterocycles. The van der Waals surface area contributed by atoms with Crippen LogP contribution in [0.4, 0.5) is 10.2 Å². The van der Waals surface area contributed by atoms with Crippen molar-refractivity contribution in [1.82, 2.24) is 9.55 Å². The lowest BCUT2D eigenvalue weighted by Gasteiger charge is -2.30. The van der Waals surface area contributed by atoms with Gasteiger partial charge in [0.1, 0.15) is 29.9 Å². The molecular weight excluding hydrogens is 472 g/mol. The summed E-state index contributed by atoms with van der Waals surface area (Å²) in [7, 11) is -4.08. The number of anilines is 1. The van der Waals surface area contributed by atoms with Crippen LogP contribution in [-0.2, 0) is 22.9 Å². The molecule has 1 unspecified atom stereocenters. The topological polar surface area (TPSA) is 155 Å². The lowest BCUT2D eigenvalue weighted by Crippen LogP contribution is -2.36. The predicted molar refractivity (Wildman–Crippen MR) is 108 cm³/mol. The molecule has 4 N–H and O–H groups in total. The van der Waals surface area contributed by atoms with Crippen molar-refractivity contribution >= 4 is 25.2 Å². The second kappa shape index (κ2) is 9.16. The molecule has 6 atom stereocenters. The summed E-state index contributed by atoms with van der Waals surface area (Å²) in [4.78, 5) is 15.6. The van der Waals surface area contributed by atoms with Gasteiger partial charge in [0.15, 0.2) is 6.23 Å². The third kappa shape index (κ3) is 4.73. The summed E-state index contributed by atoms with van der Waals surface area (Å²) in [6, 6.07) is 5.31. The van der Waals surface area contributed by atoms with Gasteiger partial charge in [0.2, 0.25) is 0 Å². The summed E-state index contributed by atoms with van der Waals surface area (Å²) >= 11 is 5.80. The number of hydrogen-bond donors (Lipinski definition) is 3. The fourth-order valence-corrected chi connectivity index (χ4v) is 4.98. The standard InChI is InChI=1S/C18H20ClFN3O8P/c19-10-7-9(1-2-11(10)20)12-4-6-28-32(27,31-12)29-8-13-15(24)16(25)17(30-13)23-5-3-14(21)22-18(23)26/h1-3,5,7,12-13,15-17,24-25H,4,6,8H2,(H2,21,22,26)/t12-,13-,15-,16+,17-,32?/m1/s1. The van der Waals surface area contributed by atoms with Crippen LogP contribution in [0.25, 0.3) is 0 Å². The summed E-state index contributed by atoms with van der Waals surface area (Å²) in [5.41, 5.74) is 5.16. The summed E-state index contributed by atoms with van der Waals surface area (Å²) in [6.07, 6.45) is -4.50. The fraction of sp³-hybridized carbons (Fsp3) is 0.444. The third-order valence-corrected chi connectivity index (χ3v) is 6.83. The van der Waals surface area contributed by atoms with E-state index in [1.165, 1.54) is 30.5 Å². The number of rotatable bonds is 5. The Morgan fingerprint density at radius 2 is 2.12 bits per heavy atom. The van der Waals surface area contributed by atoms with Gasteiger partial charge in [-0.2, -0.15) is 4.98 Å². The molecule has 0 aliphatic carbocycles. The first-order chi connectivity index (χ1) is 15.2. The largest absolute Gasteiger partial charge is 0.475 e.